The van der Waals surface area contributed by atoms with Crippen molar-refractivity contribution in [1.82, 2.24) is 50.1 Å². The second kappa shape index (κ2) is 14.9. The summed E-state index contributed by atoms with van der Waals surface area (Å²) in [7, 11) is 1.28. The molecule has 5 N–H and O–H groups in total. The molecule has 17 heteroatoms. The number of hydrogen-bond acceptors (Lipinski definition) is 9. The number of carbonyl (C=O) groups excluding carboxylic acids is 3. The monoisotopic (exact) mass is 778 g/mol. The molecule has 0 aliphatic carbocycles. The van der Waals surface area contributed by atoms with Gasteiger partial charge >= 0.3 is 12.2 Å². The normalized spacial score (nSPS) is 18.4. The lowest BCUT2D eigenvalue weighted by Crippen LogP contribution is -2.51. The van der Waals surface area contributed by atoms with Gasteiger partial charge < -0.3 is 45.0 Å². The average molecular weight is 779 g/mol. The van der Waals surface area contributed by atoms with Crippen molar-refractivity contribution in [3.8, 4) is 39.7 Å². The molecule has 5 aromatic rings. The molecule has 6 heterocycles. The Morgan fingerprint density at radius 3 is 2.05 bits per heavy atom. The van der Waals surface area contributed by atoms with Crippen LogP contribution in [0.25, 0.3) is 39.1 Å². The number of hydrogen-bond donors (Lipinski definition) is 5. The summed E-state index contributed by atoms with van der Waals surface area (Å²) in [5, 5.41) is 20.0. The molecular weight excluding hydrogens is 733 g/mol. The Morgan fingerprint density at radius 2 is 1.44 bits per heavy atom. The first kappa shape index (κ1) is 37.5. The summed E-state index contributed by atoms with van der Waals surface area (Å²) in [4.78, 5) is 70.3. The lowest BCUT2D eigenvalue weighted by Gasteiger charge is -2.30. The summed E-state index contributed by atoms with van der Waals surface area (Å²) in [5.41, 5.74) is 4.83. The number of carbonyl (C=O) groups is 4. The number of aromatic amines is 2. The van der Waals surface area contributed by atoms with E-state index in [1.54, 1.807) is 22.2 Å². The fourth-order valence-corrected chi connectivity index (χ4v) is 8.30. The zero-order chi connectivity index (χ0) is 40.1. The van der Waals surface area contributed by atoms with Crippen LogP contribution in [0.5, 0.6) is 11.5 Å². The van der Waals surface area contributed by atoms with E-state index in [4.69, 9.17) is 19.6 Å². The van der Waals surface area contributed by atoms with E-state index in [1.807, 2.05) is 68.9 Å². The van der Waals surface area contributed by atoms with Crippen molar-refractivity contribution < 1.29 is 33.8 Å². The van der Waals surface area contributed by atoms with Crippen LogP contribution in [-0.4, -0.2) is 101 Å². The number of fused-ring (bicyclic) bond motifs is 2. The Bertz CT molecular complexity index is 2360. The van der Waals surface area contributed by atoms with Crippen molar-refractivity contribution in [3.05, 3.63) is 60.6 Å². The number of H-pyrrole nitrogens is 2. The quantitative estimate of drug-likeness (QED) is 0.111. The molecule has 4 amide bonds. The van der Waals surface area contributed by atoms with Crippen molar-refractivity contribution in [2.45, 2.75) is 77.5 Å². The minimum atomic E-state index is -1.23. The van der Waals surface area contributed by atoms with Gasteiger partial charge in [-0.05, 0) is 61.8 Å². The van der Waals surface area contributed by atoms with Crippen LogP contribution in [0.3, 0.4) is 0 Å². The van der Waals surface area contributed by atoms with E-state index in [1.165, 1.54) is 7.11 Å². The minimum absolute atomic E-state index is 0.134. The maximum absolute atomic E-state index is 13.7. The summed E-state index contributed by atoms with van der Waals surface area (Å²) in [5.74, 6) is 1.80. The molecule has 0 spiro atoms. The van der Waals surface area contributed by atoms with Crippen LogP contribution >= 0.6 is 0 Å². The molecule has 3 aliphatic rings. The number of alkyl carbamates (subject to hydrolysis) is 1. The van der Waals surface area contributed by atoms with E-state index < -0.39 is 24.3 Å². The van der Waals surface area contributed by atoms with Crippen molar-refractivity contribution in [3.63, 3.8) is 0 Å². The average Bonchev–Trinajstić information content (AvgIpc) is 4.04. The molecule has 298 valence electrons. The molecule has 0 unspecified atom stereocenters. The van der Waals surface area contributed by atoms with Gasteiger partial charge in [0.05, 0.1) is 49.2 Å². The Labute approximate surface area is 328 Å². The molecule has 2 aromatic carbocycles. The van der Waals surface area contributed by atoms with Gasteiger partial charge in [0.2, 0.25) is 11.8 Å². The smallest absolute Gasteiger partial charge is 0.407 e. The third kappa shape index (κ3) is 6.80. The summed E-state index contributed by atoms with van der Waals surface area (Å²) in [6.45, 7) is 8.50. The molecule has 0 radical (unpaired) electrons. The Kier molecular flexibility index (Phi) is 9.83. The molecule has 2 saturated heterocycles. The number of likely N-dealkylation sites (tertiary alicyclic amines) is 2. The zero-order valence-electron chi connectivity index (χ0n) is 32.4. The van der Waals surface area contributed by atoms with Crippen LogP contribution in [0.1, 0.15) is 77.1 Å². The molecule has 8 rings (SSSR count). The molecular formula is C40H46N10O7. The van der Waals surface area contributed by atoms with Gasteiger partial charge in [-0.1, -0.05) is 33.8 Å². The van der Waals surface area contributed by atoms with Gasteiger partial charge in [-0.15, -0.1) is 0 Å². The van der Waals surface area contributed by atoms with Gasteiger partial charge in [0.1, 0.15) is 34.9 Å². The van der Waals surface area contributed by atoms with Gasteiger partial charge in [-0.3, -0.25) is 9.59 Å². The number of ether oxygens (including phenoxy) is 2. The molecule has 4 atom stereocenters. The number of imidazole rings is 2. The highest BCUT2D eigenvalue weighted by molar-refractivity contribution is 5.99. The largest absolute Gasteiger partial charge is 0.465 e. The Hall–Kier alpha value is -6.39. The molecule has 3 aliphatic heterocycles. The predicted molar refractivity (Wildman–Crippen MR) is 208 cm³/mol. The second-order valence-electron chi connectivity index (χ2n) is 15.5. The van der Waals surface area contributed by atoms with E-state index in [0.29, 0.717) is 42.7 Å². The molecule has 2 fully saturated rings. The number of nitrogens with zero attached hydrogens (tertiary/aromatic N) is 6. The number of benzene rings is 2. The maximum Gasteiger partial charge on any atom is 0.407 e. The van der Waals surface area contributed by atoms with Gasteiger partial charge in [0.25, 0.3) is 0 Å². The molecule has 0 saturated carbocycles. The highest BCUT2D eigenvalue weighted by atomic mass is 16.5. The third-order valence-electron chi connectivity index (χ3n) is 11.2. The van der Waals surface area contributed by atoms with Gasteiger partial charge in [0, 0.05) is 29.6 Å². The summed E-state index contributed by atoms with van der Waals surface area (Å²) < 4.78 is 13.1. The topological polar surface area (TPSA) is 213 Å². The number of amides is 4. The summed E-state index contributed by atoms with van der Waals surface area (Å²) in [6, 6.07) is 7.59. The van der Waals surface area contributed by atoms with Crippen LogP contribution in [0.15, 0.2) is 48.9 Å². The fourth-order valence-electron chi connectivity index (χ4n) is 8.30. The molecule has 0 bridgehead atoms. The number of methoxy groups -OCH3 is 1. The van der Waals surface area contributed by atoms with Crippen LogP contribution < -0.4 is 15.4 Å². The maximum atomic E-state index is 13.7. The Morgan fingerprint density at radius 1 is 0.825 bits per heavy atom. The first-order valence-electron chi connectivity index (χ1n) is 19.3. The van der Waals surface area contributed by atoms with Crippen molar-refractivity contribution in [2.75, 3.05) is 20.2 Å². The van der Waals surface area contributed by atoms with E-state index in [9.17, 15) is 24.3 Å². The lowest BCUT2D eigenvalue weighted by molar-refractivity contribution is -0.136. The van der Waals surface area contributed by atoms with Crippen LogP contribution in [0, 0.1) is 11.8 Å². The van der Waals surface area contributed by atoms with Crippen molar-refractivity contribution in [2.24, 2.45) is 11.8 Å². The standard InChI is InChI=1S/C40H46N10O7/c1-20(2)32(46-39(53)54)37(51)48-14-6-8-28(48)35-41-18-25(44-35)22-10-12-27-31(16-22)57-30-13-11-23(24-17-43-50(27)34(24)30)26-19-42-36(45-26)29-9-7-15-49(29)38(52)33(21(3)4)47-40(55)56-5/h10-13,16-21,28-29,32-33,46H,6-9,14-15H2,1-5H3,(H,41,44)(H,42,45)(H,47,55)(H,53,54)/t28-,29-,32-,33-/m0/s1. The van der Waals surface area contributed by atoms with Crippen LogP contribution in [-0.2, 0) is 14.3 Å². The first-order valence-corrected chi connectivity index (χ1v) is 19.3. The Balaban J connectivity index is 1.02. The SMILES string of the molecule is COC(=O)N[C@H](C(=O)N1CCC[C@H]1c1ncc(-c2ccc3c4c2cnn4-c2ccc(-c4cnc([C@@H]5CCCN5C(=O)[C@@H](NC(=O)O)C(C)C)[nH]4)cc2O3)[nH]1)C(C)C. The minimum Gasteiger partial charge on any atom is -0.465 e. The van der Waals surface area contributed by atoms with Crippen LogP contribution in [0.4, 0.5) is 9.59 Å². The molecule has 3 aromatic heterocycles. The number of carboxylic acid groups (broad SMARTS) is 1. The van der Waals surface area contributed by atoms with E-state index in [-0.39, 0.29) is 35.7 Å². The molecule has 17 nitrogen and oxygen atoms in total. The number of nitrogens with one attached hydrogen (secondary N) is 4. The highest BCUT2D eigenvalue weighted by Crippen LogP contribution is 2.45. The van der Waals surface area contributed by atoms with Gasteiger partial charge in [-0.2, -0.15) is 5.10 Å². The van der Waals surface area contributed by atoms with E-state index in [2.05, 4.69) is 25.6 Å². The fraction of sp³-hybridized carbons (Fsp3) is 0.425. The second-order valence-corrected chi connectivity index (χ2v) is 15.5. The third-order valence-corrected chi connectivity index (χ3v) is 11.2. The van der Waals surface area contributed by atoms with Crippen molar-refractivity contribution in [1.29, 1.82) is 0 Å². The predicted octanol–water partition coefficient (Wildman–Crippen LogP) is 5.91. The van der Waals surface area contributed by atoms with Gasteiger partial charge in [-0.25, -0.2) is 24.2 Å². The lowest BCUT2D eigenvalue weighted by atomic mass is 10.0. The number of aromatic nitrogens is 6. The zero-order valence-corrected chi connectivity index (χ0v) is 32.4. The number of rotatable bonds is 10. The van der Waals surface area contributed by atoms with Crippen LogP contribution in [0.2, 0.25) is 0 Å². The molecule has 57 heavy (non-hydrogen) atoms. The van der Waals surface area contributed by atoms with E-state index in [0.717, 1.165) is 58.4 Å². The summed E-state index contributed by atoms with van der Waals surface area (Å²) in [6.07, 6.45) is 6.51. The van der Waals surface area contributed by atoms with Crippen molar-refractivity contribution >= 4 is 34.9 Å². The van der Waals surface area contributed by atoms with E-state index >= 15 is 0 Å². The summed E-state index contributed by atoms with van der Waals surface area (Å²) >= 11 is 0. The first-order chi connectivity index (χ1) is 27.4. The van der Waals surface area contributed by atoms with Gasteiger partial charge in [0.15, 0.2) is 11.5 Å². The highest BCUT2D eigenvalue weighted by Gasteiger charge is 2.39.